The lowest BCUT2D eigenvalue weighted by molar-refractivity contribution is -0.480. The van der Waals surface area contributed by atoms with Crippen LogP contribution in [0.1, 0.15) is 32.1 Å². The lowest BCUT2D eigenvalue weighted by atomic mass is 9.85. The van der Waals surface area contributed by atoms with E-state index in [4.69, 9.17) is 0 Å². The second kappa shape index (κ2) is 4.91. The molecule has 0 amide bonds. The highest BCUT2D eigenvalue weighted by molar-refractivity contribution is 4.92. The van der Waals surface area contributed by atoms with Crippen molar-refractivity contribution in [2.75, 3.05) is 6.54 Å². The maximum absolute atomic E-state index is 9.95. The van der Waals surface area contributed by atoms with E-state index in [9.17, 15) is 10.1 Å². The first kappa shape index (κ1) is 9.23. The molecule has 3 nitrogen and oxygen atoms in total. The SMILES string of the molecule is O=[N+]([O-])CCC/C=C/C1CCC1. The van der Waals surface area contributed by atoms with Gasteiger partial charge in [-0.25, -0.2) is 0 Å². The Balaban J connectivity index is 1.93. The fraction of sp³-hybridized carbons (Fsp3) is 0.778. The molecule has 1 aliphatic rings. The summed E-state index contributed by atoms with van der Waals surface area (Å²) in [5, 5.41) is 9.95. The van der Waals surface area contributed by atoms with Crippen LogP contribution in [0.5, 0.6) is 0 Å². The highest BCUT2D eigenvalue weighted by Gasteiger charge is 2.12. The number of nitrogens with zero attached hydrogens (tertiary/aromatic N) is 1. The molecule has 1 aliphatic carbocycles. The van der Waals surface area contributed by atoms with Gasteiger partial charge in [-0.3, -0.25) is 10.1 Å². The van der Waals surface area contributed by atoms with Gasteiger partial charge in [0.25, 0.3) is 0 Å². The minimum absolute atomic E-state index is 0.106. The molecule has 0 saturated heterocycles. The van der Waals surface area contributed by atoms with Crippen LogP contribution in [-0.4, -0.2) is 11.5 Å². The second-order valence-electron chi connectivity index (χ2n) is 3.32. The molecule has 0 bridgehead atoms. The Bertz CT molecular complexity index is 173. The van der Waals surface area contributed by atoms with Gasteiger partial charge in [0.1, 0.15) is 0 Å². The van der Waals surface area contributed by atoms with Gasteiger partial charge in [-0.2, -0.15) is 0 Å². The first-order chi connectivity index (χ1) is 5.79. The lowest BCUT2D eigenvalue weighted by Gasteiger charge is -2.21. The molecule has 3 heteroatoms. The smallest absolute Gasteiger partial charge is 0.204 e. The van der Waals surface area contributed by atoms with Crippen LogP contribution in [-0.2, 0) is 0 Å². The molecule has 1 fully saturated rings. The van der Waals surface area contributed by atoms with Gasteiger partial charge < -0.3 is 0 Å². The monoisotopic (exact) mass is 169 g/mol. The fourth-order valence-corrected chi connectivity index (χ4v) is 1.26. The van der Waals surface area contributed by atoms with Crippen molar-refractivity contribution in [2.45, 2.75) is 32.1 Å². The van der Waals surface area contributed by atoms with E-state index in [2.05, 4.69) is 12.2 Å². The Labute approximate surface area is 72.6 Å². The molecule has 0 N–H and O–H groups in total. The molecular formula is C9H15NO2. The summed E-state index contributed by atoms with van der Waals surface area (Å²) in [6.45, 7) is 0.106. The molecule has 1 rings (SSSR count). The standard InChI is InChI=1S/C9H15NO2/c11-10(12)8-3-1-2-5-9-6-4-7-9/h2,5,9H,1,3-4,6-8H2/b5-2+. The predicted molar refractivity (Wildman–Crippen MR) is 47.6 cm³/mol. The van der Waals surface area contributed by atoms with E-state index in [0.717, 1.165) is 12.3 Å². The van der Waals surface area contributed by atoms with E-state index in [1.54, 1.807) is 0 Å². The summed E-state index contributed by atoms with van der Waals surface area (Å²) in [5.41, 5.74) is 0. The van der Waals surface area contributed by atoms with Gasteiger partial charge in [-0.05, 0) is 25.2 Å². The molecule has 68 valence electrons. The van der Waals surface area contributed by atoms with E-state index in [-0.39, 0.29) is 11.5 Å². The van der Waals surface area contributed by atoms with Crippen molar-refractivity contribution in [1.29, 1.82) is 0 Å². The number of hydrogen-bond donors (Lipinski definition) is 0. The maximum atomic E-state index is 9.95. The average molecular weight is 169 g/mol. The van der Waals surface area contributed by atoms with Crippen molar-refractivity contribution in [3.05, 3.63) is 22.3 Å². The van der Waals surface area contributed by atoms with E-state index in [1.165, 1.54) is 19.3 Å². The Morgan fingerprint density at radius 2 is 2.25 bits per heavy atom. The van der Waals surface area contributed by atoms with Crippen molar-refractivity contribution in [3.63, 3.8) is 0 Å². The molecule has 0 spiro atoms. The van der Waals surface area contributed by atoms with Crippen molar-refractivity contribution in [1.82, 2.24) is 0 Å². The van der Waals surface area contributed by atoms with Gasteiger partial charge in [0.05, 0.1) is 0 Å². The summed E-state index contributed by atoms with van der Waals surface area (Å²) < 4.78 is 0. The Morgan fingerprint density at radius 3 is 2.75 bits per heavy atom. The van der Waals surface area contributed by atoms with Crippen molar-refractivity contribution >= 4 is 0 Å². The quantitative estimate of drug-likeness (QED) is 0.274. The largest absolute Gasteiger partial charge is 0.265 e. The Morgan fingerprint density at radius 1 is 1.50 bits per heavy atom. The zero-order chi connectivity index (χ0) is 8.81. The van der Waals surface area contributed by atoms with Gasteiger partial charge in [0, 0.05) is 11.3 Å². The van der Waals surface area contributed by atoms with Crippen LogP contribution in [0, 0.1) is 16.0 Å². The van der Waals surface area contributed by atoms with Crippen LogP contribution in [0.2, 0.25) is 0 Å². The van der Waals surface area contributed by atoms with Crippen LogP contribution < -0.4 is 0 Å². The van der Waals surface area contributed by atoms with Gasteiger partial charge in [0.2, 0.25) is 6.54 Å². The molecule has 0 heterocycles. The molecule has 0 aromatic carbocycles. The average Bonchev–Trinajstić information content (AvgIpc) is 1.92. The minimum Gasteiger partial charge on any atom is -0.265 e. The van der Waals surface area contributed by atoms with E-state index < -0.39 is 0 Å². The van der Waals surface area contributed by atoms with Crippen molar-refractivity contribution < 1.29 is 4.92 Å². The molecule has 0 aromatic heterocycles. The van der Waals surface area contributed by atoms with Gasteiger partial charge >= 0.3 is 0 Å². The summed E-state index contributed by atoms with van der Waals surface area (Å²) in [4.78, 5) is 9.69. The van der Waals surface area contributed by atoms with Crippen LogP contribution in [0.4, 0.5) is 0 Å². The first-order valence-electron chi connectivity index (χ1n) is 4.57. The van der Waals surface area contributed by atoms with Gasteiger partial charge in [-0.15, -0.1) is 0 Å². The number of rotatable bonds is 5. The molecule has 0 aromatic rings. The molecular weight excluding hydrogens is 154 g/mol. The summed E-state index contributed by atoms with van der Waals surface area (Å²) in [6.07, 6.45) is 9.81. The summed E-state index contributed by atoms with van der Waals surface area (Å²) in [5.74, 6) is 0.778. The third-order valence-corrected chi connectivity index (χ3v) is 2.27. The maximum Gasteiger partial charge on any atom is 0.204 e. The predicted octanol–water partition coefficient (Wildman–Crippen LogP) is 2.40. The van der Waals surface area contributed by atoms with E-state index >= 15 is 0 Å². The first-order valence-corrected chi connectivity index (χ1v) is 4.57. The van der Waals surface area contributed by atoms with Crippen molar-refractivity contribution in [2.24, 2.45) is 5.92 Å². The molecule has 1 saturated carbocycles. The van der Waals surface area contributed by atoms with E-state index in [1.807, 2.05) is 0 Å². The van der Waals surface area contributed by atoms with Gasteiger partial charge in [0.15, 0.2) is 0 Å². The zero-order valence-corrected chi connectivity index (χ0v) is 7.24. The second-order valence-corrected chi connectivity index (χ2v) is 3.32. The third kappa shape index (κ3) is 3.51. The third-order valence-electron chi connectivity index (χ3n) is 2.27. The number of hydrogen-bond acceptors (Lipinski definition) is 2. The molecule has 0 atom stereocenters. The number of allylic oxidation sites excluding steroid dienone is 2. The highest BCUT2D eigenvalue weighted by atomic mass is 16.6. The molecule has 0 unspecified atom stereocenters. The highest BCUT2D eigenvalue weighted by Crippen LogP contribution is 2.27. The number of nitro groups is 1. The minimum atomic E-state index is -0.253. The topological polar surface area (TPSA) is 43.1 Å². The Hall–Kier alpha value is -0.860. The number of unbranched alkanes of at least 4 members (excludes halogenated alkanes) is 1. The van der Waals surface area contributed by atoms with Crippen LogP contribution in [0.25, 0.3) is 0 Å². The molecule has 0 radical (unpaired) electrons. The Kier molecular flexibility index (Phi) is 3.77. The summed E-state index contributed by atoms with van der Waals surface area (Å²) in [6, 6.07) is 0. The normalized spacial score (nSPS) is 18.0. The fourth-order valence-electron chi connectivity index (χ4n) is 1.26. The van der Waals surface area contributed by atoms with Crippen LogP contribution in [0.3, 0.4) is 0 Å². The summed E-state index contributed by atoms with van der Waals surface area (Å²) >= 11 is 0. The van der Waals surface area contributed by atoms with Crippen LogP contribution in [0.15, 0.2) is 12.2 Å². The van der Waals surface area contributed by atoms with Crippen molar-refractivity contribution in [3.8, 4) is 0 Å². The zero-order valence-electron chi connectivity index (χ0n) is 7.24. The van der Waals surface area contributed by atoms with Crippen LogP contribution >= 0.6 is 0 Å². The van der Waals surface area contributed by atoms with E-state index in [0.29, 0.717) is 6.42 Å². The molecule has 0 aliphatic heterocycles. The summed E-state index contributed by atoms with van der Waals surface area (Å²) in [7, 11) is 0. The molecule has 12 heavy (non-hydrogen) atoms. The lowest BCUT2D eigenvalue weighted by Crippen LogP contribution is -2.06. The van der Waals surface area contributed by atoms with Gasteiger partial charge in [-0.1, -0.05) is 18.6 Å².